The van der Waals surface area contributed by atoms with Crippen LogP contribution in [0.5, 0.6) is 0 Å². The van der Waals surface area contributed by atoms with E-state index in [1.54, 1.807) is 37.2 Å². The standard InChI is InChI=1S/C46H60ClFN8O10/c1-25-10-9-11-29(18-25)20-34(51-46(64)50-33-14-13-30(47)21-32(33)48)40(58)52-39-28(4)65-45(63)37-19-26(2)23-55(37)42(60)27(3)49-41(59)35-12-7-8-16-54(35)43(61)36-22-31(24-56(36)44(39)62)66-38(57)15-17-53(5)6/h9-11,13-14,18,21,26-28,31,34-37,39H,7-8,12,15-17,19-20,22-24H2,1-6H3,(H,49,59)(H,52,58)(H2,50,51,64)/t26-,27+,28+,31-,34+,35+,36+,37+,39+/m1/s1. The summed E-state index contributed by atoms with van der Waals surface area (Å²) in [5.41, 5.74) is 1.25. The number of amides is 7. The number of rotatable bonds is 10. The smallest absolute Gasteiger partial charge is 0.329 e. The van der Waals surface area contributed by atoms with Gasteiger partial charge in [0, 0.05) is 37.5 Å². The summed E-state index contributed by atoms with van der Waals surface area (Å²) in [5.74, 6) is -5.88. The number of benzene rings is 2. The summed E-state index contributed by atoms with van der Waals surface area (Å²) in [7, 11) is 3.59. The van der Waals surface area contributed by atoms with Crippen molar-refractivity contribution >= 4 is 64.8 Å². The SMILES string of the molecule is Cc1cccc(C[C@H](NC(=O)Nc2ccc(Cl)cc2F)C(=O)N[C@@H]2C(=O)N3C[C@H](OC(=O)CCN(C)C)C[C@H]3C(=O)N3CCCC[C@H]3C(=O)N[C@@H](C)C(=O)N3C[C@H](C)C[C@H]3C(=O)O[C@H]2C)c1. The Hall–Kier alpha value is -5.82. The van der Waals surface area contributed by atoms with Crippen LogP contribution in [-0.4, -0.2) is 156 Å². The van der Waals surface area contributed by atoms with E-state index in [9.17, 15) is 38.0 Å². The molecule has 4 fully saturated rings. The number of ether oxygens (including phenoxy) is 2. The van der Waals surface area contributed by atoms with E-state index in [0.717, 1.165) is 11.6 Å². The molecule has 6 rings (SSSR count). The molecule has 0 radical (unpaired) electrons. The minimum atomic E-state index is -1.71. The number of hydrogen-bond donors (Lipinski definition) is 4. The van der Waals surface area contributed by atoms with Crippen molar-refractivity contribution in [2.24, 2.45) is 5.92 Å². The minimum Gasteiger partial charge on any atom is -0.460 e. The average molecular weight is 939 g/mol. The van der Waals surface area contributed by atoms with Gasteiger partial charge in [-0.25, -0.2) is 14.0 Å². The summed E-state index contributed by atoms with van der Waals surface area (Å²) in [6.07, 6.45) is -0.971. The fourth-order valence-corrected chi connectivity index (χ4v) is 9.21. The highest BCUT2D eigenvalue weighted by molar-refractivity contribution is 6.30. The molecule has 0 bridgehead atoms. The number of esters is 2. The van der Waals surface area contributed by atoms with E-state index in [2.05, 4.69) is 21.3 Å². The second kappa shape index (κ2) is 21.7. The predicted octanol–water partition coefficient (Wildman–Crippen LogP) is 2.54. The maximum atomic E-state index is 15.2. The van der Waals surface area contributed by atoms with Crippen molar-refractivity contribution < 1.29 is 52.2 Å². The molecule has 7 amide bonds. The average Bonchev–Trinajstić information content (AvgIpc) is 3.87. The normalized spacial score (nSPS) is 26.7. The van der Waals surface area contributed by atoms with Gasteiger partial charge in [-0.05, 0) is 90.2 Å². The van der Waals surface area contributed by atoms with Crippen LogP contribution in [0, 0.1) is 18.7 Å². The van der Waals surface area contributed by atoms with Gasteiger partial charge in [0.25, 0.3) is 0 Å². The molecule has 0 saturated carbocycles. The second-order valence-corrected chi connectivity index (χ2v) is 18.6. The van der Waals surface area contributed by atoms with Gasteiger partial charge in [-0.15, -0.1) is 0 Å². The van der Waals surface area contributed by atoms with E-state index < -0.39 is 102 Å². The Balaban J connectivity index is 1.38. The van der Waals surface area contributed by atoms with Gasteiger partial charge in [0.2, 0.25) is 29.5 Å². The van der Waals surface area contributed by atoms with E-state index in [-0.39, 0.29) is 68.4 Å². The van der Waals surface area contributed by atoms with Gasteiger partial charge in [-0.2, -0.15) is 0 Å². The Morgan fingerprint density at radius 3 is 2.38 bits per heavy atom. The highest BCUT2D eigenvalue weighted by atomic mass is 35.5. The van der Waals surface area contributed by atoms with E-state index >= 15 is 4.79 Å². The van der Waals surface area contributed by atoms with Crippen LogP contribution in [0.1, 0.15) is 70.4 Å². The Kier molecular flexibility index (Phi) is 16.3. The molecule has 18 nitrogen and oxygen atoms in total. The molecule has 66 heavy (non-hydrogen) atoms. The fraction of sp³-hybridized carbons (Fsp3) is 0.565. The summed E-state index contributed by atoms with van der Waals surface area (Å²) in [6, 6.07) is 2.20. The first-order valence-corrected chi connectivity index (χ1v) is 22.8. The highest BCUT2D eigenvalue weighted by Gasteiger charge is 2.50. The lowest BCUT2D eigenvalue weighted by molar-refractivity contribution is -0.163. The van der Waals surface area contributed by atoms with Crippen molar-refractivity contribution in [2.45, 2.75) is 121 Å². The van der Waals surface area contributed by atoms with Crippen LogP contribution in [0.25, 0.3) is 0 Å². The van der Waals surface area contributed by atoms with Gasteiger partial charge < -0.3 is 50.3 Å². The lowest BCUT2D eigenvalue weighted by Gasteiger charge is -2.39. The number of cyclic esters (lactones) is 1. The number of fused-ring (bicyclic) bond motifs is 3. The molecule has 358 valence electrons. The number of carbonyl (C=O) groups excluding carboxylic acids is 8. The number of nitrogens with one attached hydrogen (secondary N) is 4. The van der Waals surface area contributed by atoms with Crippen molar-refractivity contribution in [1.29, 1.82) is 0 Å². The molecular formula is C46H60ClFN8O10. The van der Waals surface area contributed by atoms with Crippen molar-refractivity contribution in [3.63, 3.8) is 0 Å². The zero-order valence-corrected chi connectivity index (χ0v) is 38.9. The maximum absolute atomic E-state index is 15.2. The van der Waals surface area contributed by atoms with Crippen LogP contribution in [0.4, 0.5) is 14.9 Å². The second-order valence-electron chi connectivity index (χ2n) is 18.1. The summed E-state index contributed by atoms with van der Waals surface area (Å²) >= 11 is 5.91. The number of anilines is 1. The number of aryl methyl sites for hydroxylation is 1. The Morgan fingerprint density at radius 1 is 0.924 bits per heavy atom. The van der Waals surface area contributed by atoms with Crippen molar-refractivity contribution in [3.05, 3.63) is 64.4 Å². The van der Waals surface area contributed by atoms with Gasteiger partial charge in [0.05, 0.1) is 18.7 Å². The molecular weight excluding hydrogens is 879 g/mol. The number of hydrogen-bond acceptors (Lipinski definition) is 11. The van der Waals surface area contributed by atoms with Crippen molar-refractivity contribution in [3.8, 4) is 0 Å². The van der Waals surface area contributed by atoms with Gasteiger partial charge in [0.15, 0.2) is 0 Å². The maximum Gasteiger partial charge on any atom is 0.329 e. The molecule has 0 unspecified atom stereocenters. The first kappa shape index (κ1) is 49.6. The molecule has 20 heteroatoms. The summed E-state index contributed by atoms with van der Waals surface area (Å²) < 4.78 is 26.6. The summed E-state index contributed by atoms with van der Waals surface area (Å²) in [4.78, 5) is 119. The van der Waals surface area contributed by atoms with Gasteiger partial charge >= 0.3 is 18.0 Å². The van der Waals surface area contributed by atoms with Crippen LogP contribution >= 0.6 is 11.6 Å². The first-order chi connectivity index (χ1) is 31.3. The molecule has 2 aromatic rings. The van der Waals surface area contributed by atoms with Gasteiger partial charge in [-0.1, -0.05) is 48.4 Å². The van der Waals surface area contributed by atoms with Gasteiger partial charge in [-0.3, -0.25) is 28.8 Å². The first-order valence-electron chi connectivity index (χ1n) is 22.4. The lowest BCUT2D eigenvalue weighted by Crippen LogP contribution is -2.63. The van der Waals surface area contributed by atoms with Crippen molar-refractivity contribution in [1.82, 2.24) is 35.6 Å². The molecule has 4 heterocycles. The third-order valence-corrected chi connectivity index (χ3v) is 12.7. The third kappa shape index (κ3) is 12.1. The van der Waals surface area contributed by atoms with E-state index in [4.69, 9.17) is 21.1 Å². The third-order valence-electron chi connectivity index (χ3n) is 12.4. The number of halogens is 2. The molecule has 0 aliphatic carbocycles. The molecule has 0 spiro atoms. The Morgan fingerprint density at radius 2 is 1.67 bits per heavy atom. The van der Waals surface area contributed by atoms with Crippen LogP contribution in [0.2, 0.25) is 5.02 Å². The molecule has 4 aliphatic heterocycles. The molecule has 9 atom stereocenters. The van der Waals surface area contributed by atoms with Crippen LogP contribution < -0.4 is 21.3 Å². The molecule has 4 N–H and O–H groups in total. The largest absolute Gasteiger partial charge is 0.460 e. The van der Waals surface area contributed by atoms with Crippen LogP contribution in [-0.2, 0) is 49.5 Å². The lowest BCUT2D eigenvalue weighted by atomic mass is 9.98. The summed E-state index contributed by atoms with van der Waals surface area (Å²) in [5, 5.41) is 10.5. The predicted molar refractivity (Wildman–Crippen MR) is 239 cm³/mol. The zero-order chi connectivity index (χ0) is 48.0. The number of carbonyl (C=O) groups is 8. The number of piperidine rings is 1. The minimum absolute atomic E-state index is 0.0252. The zero-order valence-electron chi connectivity index (χ0n) is 38.1. The number of urea groups is 1. The topological polar surface area (TPSA) is 216 Å². The molecule has 4 saturated heterocycles. The molecule has 2 aromatic carbocycles. The summed E-state index contributed by atoms with van der Waals surface area (Å²) in [6.45, 7) is 7.05. The van der Waals surface area contributed by atoms with E-state index in [1.165, 1.54) is 40.7 Å². The quantitative estimate of drug-likeness (QED) is 0.254. The molecule has 0 aromatic heterocycles. The van der Waals surface area contributed by atoms with Crippen LogP contribution in [0.15, 0.2) is 42.5 Å². The molecule has 4 aliphatic rings. The highest BCUT2D eigenvalue weighted by Crippen LogP contribution is 2.30. The fourth-order valence-electron chi connectivity index (χ4n) is 9.05. The Labute approximate surface area is 388 Å². The number of nitrogens with zero attached hydrogens (tertiary/aromatic N) is 4. The Bertz CT molecular complexity index is 2200. The monoisotopic (exact) mass is 938 g/mol. The van der Waals surface area contributed by atoms with E-state index in [0.29, 0.717) is 24.9 Å². The van der Waals surface area contributed by atoms with Gasteiger partial charge in [0.1, 0.15) is 54.3 Å². The van der Waals surface area contributed by atoms with Crippen LogP contribution in [0.3, 0.4) is 0 Å². The van der Waals surface area contributed by atoms with Crippen molar-refractivity contribution in [2.75, 3.05) is 45.6 Å². The van der Waals surface area contributed by atoms with E-state index in [1.807, 2.05) is 19.9 Å².